The predicted octanol–water partition coefficient (Wildman–Crippen LogP) is 0.701. The Balaban J connectivity index is 2.02. The van der Waals surface area contributed by atoms with E-state index in [1.807, 2.05) is 6.92 Å². The fraction of sp³-hybridized carbons (Fsp3) is 0.500. The van der Waals surface area contributed by atoms with E-state index in [9.17, 15) is 13.2 Å². The van der Waals surface area contributed by atoms with E-state index >= 15 is 0 Å². The molecule has 0 spiro atoms. The van der Waals surface area contributed by atoms with Gasteiger partial charge in [0, 0.05) is 31.7 Å². The summed E-state index contributed by atoms with van der Waals surface area (Å²) in [5.74, 6) is 0.0920. The number of anilines is 1. The Morgan fingerprint density at radius 3 is 2.48 bits per heavy atom. The second-order valence-electron chi connectivity index (χ2n) is 4.89. The summed E-state index contributed by atoms with van der Waals surface area (Å²) in [7, 11) is -3.49. The number of hydrogen-bond acceptors (Lipinski definition) is 4. The minimum Gasteiger partial charge on any atom is -0.316 e. The molecule has 1 aliphatic heterocycles. The van der Waals surface area contributed by atoms with Gasteiger partial charge in [-0.3, -0.25) is 4.79 Å². The van der Waals surface area contributed by atoms with Gasteiger partial charge in [0.05, 0.1) is 4.90 Å². The fourth-order valence-electron chi connectivity index (χ4n) is 2.26. The summed E-state index contributed by atoms with van der Waals surface area (Å²) in [6.45, 7) is 4.41. The molecule has 7 heteroatoms. The van der Waals surface area contributed by atoms with E-state index in [-0.39, 0.29) is 10.8 Å². The van der Waals surface area contributed by atoms with Crippen molar-refractivity contribution in [3.63, 3.8) is 0 Å². The number of sulfonamides is 1. The van der Waals surface area contributed by atoms with Crippen LogP contribution in [0.2, 0.25) is 0 Å². The van der Waals surface area contributed by atoms with Crippen molar-refractivity contribution in [3.05, 3.63) is 24.3 Å². The lowest BCUT2D eigenvalue weighted by molar-refractivity contribution is -0.117. The van der Waals surface area contributed by atoms with Crippen molar-refractivity contribution in [1.29, 1.82) is 0 Å². The molecule has 1 aliphatic rings. The lowest BCUT2D eigenvalue weighted by Crippen LogP contribution is -2.31. The first-order valence-corrected chi connectivity index (χ1v) is 8.63. The van der Waals surface area contributed by atoms with Gasteiger partial charge >= 0.3 is 0 Å². The van der Waals surface area contributed by atoms with Gasteiger partial charge < -0.3 is 10.2 Å². The average molecular weight is 311 g/mol. The monoisotopic (exact) mass is 311 g/mol. The number of likely N-dealkylation sites (N-methyl/N-ethyl adjacent to an activating group) is 1. The average Bonchev–Trinajstić information content (AvgIpc) is 2.90. The van der Waals surface area contributed by atoms with Crippen LogP contribution in [0.4, 0.5) is 5.69 Å². The minimum atomic E-state index is -3.49. The maximum absolute atomic E-state index is 12.1. The number of benzene rings is 1. The quantitative estimate of drug-likeness (QED) is 0.727. The Kier molecular flexibility index (Phi) is 5.33. The first kappa shape index (κ1) is 15.9. The van der Waals surface area contributed by atoms with Gasteiger partial charge in [-0.2, -0.15) is 0 Å². The van der Waals surface area contributed by atoms with Crippen molar-refractivity contribution in [1.82, 2.24) is 10.0 Å². The number of hydrogen-bond donors (Lipinski definition) is 2. The maximum atomic E-state index is 12.1. The van der Waals surface area contributed by atoms with Crippen molar-refractivity contribution in [2.45, 2.75) is 24.7 Å². The molecular formula is C14H21N3O3S. The molecule has 0 aliphatic carbocycles. The van der Waals surface area contributed by atoms with Crippen LogP contribution in [0.15, 0.2) is 29.2 Å². The highest BCUT2D eigenvalue weighted by Gasteiger charge is 2.22. The molecule has 2 rings (SSSR count). The van der Waals surface area contributed by atoms with E-state index in [1.54, 1.807) is 17.0 Å². The van der Waals surface area contributed by atoms with Crippen LogP contribution in [0.1, 0.15) is 19.8 Å². The molecule has 0 atom stereocenters. The number of carbonyl (C=O) groups excluding carboxylic acids is 1. The van der Waals surface area contributed by atoms with Crippen molar-refractivity contribution in [2.75, 3.05) is 31.1 Å². The highest BCUT2D eigenvalue weighted by atomic mass is 32.2. The molecule has 0 saturated carbocycles. The van der Waals surface area contributed by atoms with Crippen molar-refractivity contribution in [2.24, 2.45) is 0 Å². The number of carbonyl (C=O) groups is 1. The standard InChI is InChI=1S/C14H21N3O3S/c1-2-15-9-10-16-21(19,20)13-7-5-12(6-8-13)17-11-3-4-14(17)18/h5-8,15-16H,2-4,9-11H2,1H3. The molecule has 1 aromatic carbocycles. The first-order valence-electron chi connectivity index (χ1n) is 7.15. The van der Waals surface area contributed by atoms with E-state index in [2.05, 4.69) is 10.0 Å². The van der Waals surface area contributed by atoms with Crippen LogP contribution >= 0.6 is 0 Å². The molecule has 1 fully saturated rings. The van der Waals surface area contributed by atoms with Crippen LogP contribution < -0.4 is 14.9 Å². The van der Waals surface area contributed by atoms with E-state index in [4.69, 9.17) is 0 Å². The molecule has 0 unspecified atom stereocenters. The van der Waals surface area contributed by atoms with E-state index in [0.717, 1.165) is 18.7 Å². The summed E-state index contributed by atoms with van der Waals surface area (Å²) < 4.78 is 26.7. The van der Waals surface area contributed by atoms with E-state index < -0.39 is 10.0 Å². The molecule has 116 valence electrons. The molecule has 6 nitrogen and oxygen atoms in total. The highest BCUT2D eigenvalue weighted by Crippen LogP contribution is 2.22. The van der Waals surface area contributed by atoms with Crippen LogP contribution in [0.5, 0.6) is 0 Å². The third kappa shape index (κ3) is 4.03. The van der Waals surface area contributed by atoms with Crippen molar-refractivity contribution in [3.8, 4) is 0 Å². The van der Waals surface area contributed by atoms with Crippen LogP contribution in [0.3, 0.4) is 0 Å². The van der Waals surface area contributed by atoms with Gasteiger partial charge in [0.2, 0.25) is 15.9 Å². The zero-order valence-corrected chi connectivity index (χ0v) is 12.9. The Morgan fingerprint density at radius 1 is 1.19 bits per heavy atom. The van der Waals surface area contributed by atoms with Gasteiger partial charge in [0.1, 0.15) is 0 Å². The minimum absolute atomic E-state index is 0.0920. The van der Waals surface area contributed by atoms with Gasteiger partial charge in [0.25, 0.3) is 0 Å². The number of nitrogens with zero attached hydrogens (tertiary/aromatic N) is 1. The van der Waals surface area contributed by atoms with E-state index in [0.29, 0.717) is 26.1 Å². The smallest absolute Gasteiger partial charge is 0.240 e. The molecule has 21 heavy (non-hydrogen) atoms. The predicted molar refractivity (Wildman–Crippen MR) is 81.8 cm³/mol. The Hall–Kier alpha value is -1.44. The second kappa shape index (κ2) is 7.02. The van der Waals surface area contributed by atoms with Gasteiger partial charge in [0.15, 0.2) is 0 Å². The van der Waals surface area contributed by atoms with Gasteiger partial charge in [-0.05, 0) is 37.2 Å². The van der Waals surface area contributed by atoms with Crippen LogP contribution in [-0.2, 0) is 14.8 Å². The maximum Gasteiger partial charge on any atom is 0.240 e. The summed E-state index contributed by atoms with van der Waals surface area (Å²) in [5.41, 5.74) is 0.754. The molecule has 1 amide bonds. The summed E-state index contributed by atoms with van der Waals surface area (Å²) in [4.78, 5) is 13.6. The van der Waals surface area contributed by atoms with Gasteiger partial charge in [-0.1, -0.05) is 6.92 Å². The van der Waals surface area contributed by atoms with Crippen LogP contribution in [0.25, 0.3) is 0 Å². The fourth-order valence-corrected chi connectivity index (χ4v) is 3.29. The normalized spacial score (nSPS) is 15.7. The first-order chi connectivity index (χ1) is 10.0. The van der Waals surface area contributed by atoms with Gasteiger partial charge in [-0.15, -0.1) is 0 Å². The molecule has 1 heterocycles. The number of rotatable bonds is 7. The lowest BCUT2D eigenvalue weighted by Gasteiger charge is -2.16. The molecule has 0 radical (unpaired) electrons. The Bertz CT molecular complexity index is 584. The zero-order valence-electron chi connectivity index (χ0n) is 12.1. The molecule has 1 saturated heterocycles. The topological polar surface area (TPSA) is 78.5 Å². The molecular weight excluding hydrogens is 290 g/mol. The summed E-state index contributed by atoms with van der Waals surface area (Å²) in [5, 5.41) is 3.05. The summed E-state index contributed by atoms with van der Waals surface area (Å²) >= 11 is 0. The molecule has 0 bridgehead atoms. The van der Waals surface area contributed by atoms with E-state index in [1.165, 1.54) is 12.1 Å². The summed E-state index contributed by atoms with van der Waals surface area (Å²) in [6, 6.07) is 6.44. The molecule has 0 aromatic heterocycles. The Morgan fingerprint density at radius 2 is 1.90 bits per heavy atom. The highest BCUT2D eigenvalue weighted by molar-refractivity contribution is 7.89. The third-order valence-electron chi connectivity index (χ3n) is 3.38. The largest absolute Gasteiger partial charge is 0.316 e. The molecule has 2 N–H and O–H groups in total. The van der Waals surface area contributed by atoms with Crippen molar-refractivity contribution >= 4 is 21.6 Å². The van der Waals surface area contributed by atoms with Gasteiger partial charge in [-0.25, -0.2) is 13.1 Å². The lowest BCUT2D eigenvalue weighted by atomic mass is 10.3. The second-order valence-corrected chi connectivity index (χ2v) is 6.66. The van der Waals surface area contributed by atoms with Crippen molar-refractivity contribution < 1.29 is 13.2 Å². The number of nitrogens with one attached hydrogen (secondary N) is 2. The van der Waals surface area contributed by atoms with Crippen LogP contribution in [0, 0.1) is 0 Å². The SMILES string of the molecule is CCNCCNS(=O)(=O)c1ccc(N2CCCC2=O)cc1. The number of amides is 1. The third-order valence-corrected chi connectivity index (χ3v) is 4.85. The Labute approximate surface area is 125 Å². The zero-order chi connectivity index (χ0) is 15.3. The molecule has 1 aromatic rings. The van der Waals surface area contributed by atoms with Crippen LogP contribution in [-0.4, -0.2) is 40.5 Å². The summed E-state index contributed by atoms with van der Waals surface area (Å²) in [6.07, 6.45) is 1.41.